The van der Waals surface area contributed by atoms with Crippen molar-refractivity contribution < 1.29 is 9.12 Å². The van der Waals surface area contributed by atoms with Crippen LogP contribution >= 0.6 is 11.6 Å². The van der Waals surface area contributed by atoms with Crippen molar-refractivity contribution in [1.82, 2.24) is 15.0 Å². The average Bonchev–Trinajstić information content (AvgIpc) is 2.65. The summed E-state index contributed by atoms with van der Waals surface area (Å²) in [5, 5.41) is 15.4. The molecule has 0 unspecified atom stereocenters. The molecule has 0 atom stereocenters. The number of pyridine rings is 2. The fourth-order valence-corrected chi connectivity index (χ4v) is 2.65. The van der Waals surface area contributed by atoms with Crippen LogP contribution in [0.4, 0.5) is 15.9 Å². The van der Waals surface area contributed by atoms with Gasteiger partial charge >= 0.3 is 0 Å². The van der Waals surface area contributed by atoms with E-state index in [1.807, 2.05) is 0 Å². The summed E-state index contributed by atoms with van der Waals surface area (Å²) in [7, 11) is 0. The lowest BCUT2D eigenvalue weighted by molar-refractivity contribution is -0.605. The average molecular weight is 368 g/mol. The molecule has 26 heavy (non-hydrogen) atoms. The number of aromatic nitrogens is 4. The van der Waals surface area contributed by atoms with Gasteiger partial charge in [-0.05, 0) is 30.3 Å². The zero-order chi connectivity index (χ0) is 18.1. The van der Waals surface area contributed by atoms with Crippen LogP contribution in [-0.4, -0.2) is 15.0 Å². The minimum absolute atomic E-state index is 0.161. The summed E-state index contributed by atoms with van der Waals surface area (Å²) >= 11 is 5.98. The number of hydrogen-bond acceptors (Lipinski definition) is 5. The van der Waals surface area contributed by atoms with Crippen molar-refractivity contribution >= 4 is 34.1 Å². The monoisotopic (exact) mass is 367 g/mol. The smallest absolute Gasteiger partial charge is 0.182 e. The van der Waals surface area contributed by atoms with Gasteiger partial charge in [-0.2, -0.15) is 4.73 Å². The van der Waals surface area contributed by atoms with Gasteiger partial charge in [-0.25, -0.2) is 19.3 Å². The highest BCUT2D eigenvalue weighted by Gasteiger charge is 2.14. The van der Waals surface area contributed by atoms with Gasteiger partial charge in [0.25, 0.3) is 0 Å². The summed E-state index contributed by atoms with van der Waals surface area (Å²) in [6.45, 7) is 0. The predicted molar refractivity (Wildman–Crippen MR) is 96.4 cm³/mol. The number of fused-ring (bicyclic) bond motifs is 1. The first kappa shape index (κ1) is 16.2. The van der Waals surface area contributed by atoms with Crippen molar-refractivity contribution in [1.29, 1.82) is 0 Å². The van der Waals surface area contributed by atoms with E-state index < -0.39 is 5.82 Å². The second-order valence-electron chi connectivity index (χ2n) is 5.47. The highest BCUT2D eigenvalue weighted by Crippen LogP contribution is 2.28. The Morgan fingerprint density at radius 2 is 1.88 bits per heavy atom. The summed E-state index contributed by atoms with van der Waals surface area (Å²) in [5.74, 6) is 0.123. The summed E-state index contributed by atoms with van der Waals surface area (Å²) in [5.41, 5.74) is 1.24. The molecular weight excluding hydrogens is 357 g/mol. The van der Waals surface area contributed by atoms with E-state index in [0.717, 1.165) is 0 Å². The SMILES string of the molecule is [O-][n+]1ccc(Nc2nc(-c3cc(Cl)ccc3F)nc3ncccc23)cc1. The highest BCUT2D eigenvalue weighted by atomic mass is 35.5. The van der Waals surface area contributed by atoms with Crippen molar-refractivity contribution in [3.05, 3.63) is 77.1 Å². The number of halogens is 2. The number of benzene rings is 1. The maximum Gasteiger partial charge on any atom is 0.182 e. The molecule has 0 aliphatic carbocycles. The van der Waals surface area contributed by atoms with Crippen molar-refractivity contribution in [2.45, 2.75) is 0 Å². The molecule has 1 aromatic carbocycles. The summed E-state index contributed by atoms with van der Waals surface area (Å²) in [6.07, 6.45) is 4.32. The minimum Gasteiger partial charge on any atom is -0.619 e. The predicted octanol–water partition coefficient (Wildman–Crippen LogP) is 3.86. The first-order valence-corrected chi connectivity index (χ1v) is 8.02. The van der Waals surface area contributed by atoms with Crippen LogP contribution in [0, 0.1) is 11.0 Å². The number of rotatable bonds is 3. The lowest BCUT2D eigenvalue weighted by atomic mass is 10.2. The standard InChI is InChI=1S/C18H11ClFN5O/c19-11-3-4-15(20)14(10-11)18-23-16-13(2-1-7-21-16)17(24-18)22-12-5-8-25(26)9-6-12/h1-10H,(H,21,22,23,24). The molecular formula is C18H11ClFN5O. The Morgan fingerprint density at radius 1 is 1.08 bits per heavy atom. The second-order valence-corrected chi connectivity index (χ2v) is 5.90. The Labute approximate surface area is 152 Å². The van der Waals surface area contributed by atoms with Gasteiger partial charge in [0.1, 0.15) is 11.6 Å². The van der Waals surface area contributed by atoms with Crippen LogP contribution in [0.5, 0.6) is 0 Å². The van der Waals surface area contributed by atoms with Crippen LogP contribution in [0.1, 0.15) is 0 Å². The van der Waals surface area contributed by atoms with E-state index in [1.54, 1.807) is 30.5 Å². The zero-order valence-corrected chi connectivity index (χ0v) is 14.0. The summed E-state index contributed by atoms with van der Waals surface area (Å²) in [6, 6.07) is 11.0. The molecule has 0 aliphatic rings. The fourth-order valence-electron chi connectivity index (χ4n) is 2.48. The molecule has 0 fully saturated rings. The molecule has 3 aromatic heterocycles. The number of anilines is 2. The van der Waals surface area contributed by atoms with Crippen molar-refractivity contribution in [3.8, 4) is 11.4 Å². The molecule has 0 bridgehead atoms. The third-order valence-corrected chi connectivity index (χ3v) is 3.94. The maximum atomic E-state index is 14.2. The Kier molecular flexibility index (Phi) is 4.06. The van der Waals surface area contributed by atoms with Crippen LogP contribution < -0.4 is 10.0 Å². The lowest BCUT2D eigenvalue weighted by Crippen LogP contribution is -2.23. The molecule has 4 rings (SSSR count). The Hall–Kier alpha value is -3.32. The molecule has 0 spiro atoms. The van der Waals surface area contributed by atoms with Crippen LogP contribution in [0.2, 0.25) is 5.02 Å². The van der Waals surface area contributed by atoms with Crippen molar-refractivity contribution in [2.75, 3.05) is 5.32 Å². The minimum atomic E-state index is -0.484. The fraction of sp³-hybridized carbons (Fsp3) is 0. The number of nitrogens with zero attached hydrogens (tertiary/aromatic N) is 4. The van der Waals surface area contributed by atoms with Gasteiger partial charge in [-0.1, -0.05) is 11.6 Å². The second kappa shape index (κ2) is 6.53. The maximum absolute atomic E-state index is 14.2. The third-order valence-electron chi connectivity index (χ3n) is 3.71. The zero-order valence-electron chi connectivity index (χ0n) is 13.2. The normalized spacial score (nSPS) is 10.8. The van der Waals surface area contributed by atoms with E-state index >= 15 is 0 Å². The van der Waals surface area contributed by atoms with E-state index in [9.17, 15) is 9.60 Å². The molecule has 128 valence electrons. The quantitative estimate of drug-likeness (QED) is 0.439. The van der Waals surface area contributed by atoms with E-state index in [-0.39, 0.29) is 11.4 Å². The topological polar surface area (TPSA) is 77.6 Å². The molecule has 0 saturated heterocycles. The van der Waals surface area contributed by atoms with E-state index in [2.05, 4.69) is 20.3 Å². The first-order chi connectivity index (χ1) is 12.6. The molecule has 8 heteroatoms. The van der Waals surface area contributed by atoms with Crippen LogP contribution in [0.25, 0.3) is 22.4 Å². The van der Waals surface area contributed by atoms with Gasteiger partial charge in [-0.15, -0.1) is 0 Å². The molecule has 3 heterocycles. The molecule has 0 aliphatic heterocycles. The Morgan fingerprint density at radius 3 is 2.69 bits per heavy atom. The molecule has 6 nitrogen and oxygen atoms in total. The Bertz CT molecular complexity index is 1100. The van der Waals surface area contributed by atoms with Crippen LogP contribution in [0.3, 0.4) is 0 Å². The third kappa shape index (κ3) is 3.12. The van der Waals surface area contributed by atoms with Crippen molar-refractivity contribution in [3.63, 3.8) is 0 Å². The van der Waals surface area contributed by atoms with Gasteiger partial charge in [-0.3, -0.25) is 0 Å². The van der Waals surface area contributed by atoms with Crippen molar-refractivity contribution in [2.24, 2.45) is 0 Å². The van der Waals surface area contributed by atoms with E-state index in [0.29, 0.717) is 32.3 Å². The summed E-state index contributed by atoms with van der Waals surface area (Å²) in [4.78, 5) is 13.0. The van der Waals surface area contributed by atoms with Gasteiger partial charge in [0, 0.05) is 23.4 Å². The molecule has 0 saturated carbocycles. The largest absolute Gasteiger partial charge is 0.619 e. The molecule has 0 amide bonds. The Balaban J connectivity index is 1.88. The molecule has 0 radical (unpaired) electrons. The summed E-state index contributed by atoms with van der Waals surface area (Å²) < 4.78 is 14.9. The van der Waals surface area contributed by atoms with Crippen LogP contribution in [0.15, 0.2) is 61.1 Å². The lowest BCUT2D eigenvalue weighted by Gasteiger charge is -2.11. The molecule has 1 N–H and O–H groups in total. The highest BCUT2D eigenvalue weighted by molar-refractivity contribution is 6.30. The first-order valence-electron chi connectivity index (χ1n) is 7.64. The van der Waals surface area contributed by atoms with Crippen LogP contribution in [-0.2, 0) is 0 Å². The van der Waals surface area contributed by atoms with E-state index in [1.165, 1.54) is 30.6 Å². The van der Waals surface area contributed by atoms with Gasteiger partial charge in [0.2, 0.25) is 0 Å². The number of hydrogen-bond donors (Lipinski definition) is 1. The van der Waals surface area contributed by atoms with E-state index in [4.69, 9.17) is 11.6 Å². The number of nitrogens with one attached hydrogen (secondary N) is 1. The van der Waals surface area contributed by atoms with Gasteiger partial charge in [0.15, 0.2) is 23.9 Å². The molecule has 4 aromatic rings. The van der Waals surface area contributed by atoms with Gasteiger partial charge in [0.05, 0.1) is 16.6 Å². The van der Waals surface area contributed by atoms with Gasteiger partial charge < -0.3 is 10.5 Å².